The van der Waals surface area contributed by atoms with E-state index in [4.69, 9.17) is 4.74 Å². The highest BCUT2D eigenvalue weighted by atomic mass is 16.5. The number of hydrogen-bond acceptors (Lipinski definition) is 3. The third-order valence-corrected chi connectivity index (χ3v) is 4.56. The molecule has 1 amide bonds. The number of hydrogen-bond donors (Lipinski definition) is 2. The molecule has 0 radical (unpaired) electrons. The monoisotopic (exact) mass is 338 g/mol. The highest BCUT2D eigenvalue weighted by Crippen LogP contribution is 2.24. The molecule has 1 aliphatic rings. The second-order valence-corrected chi connectivity index (χ2v) is 6.80. The maximum atomic E-state index is 12.2. The molecule has 1 atom stereocenters. The SMILES string of the molecule is Cc1cccc(Oc2ccc(N[C@H](C)C(=O)NC3CCCC3)cc2)c1. The highest BCUT2D eigenvalue weighted by Gasteiger charge is 2.20. The minimum atomic E-state index is -0.260. The predicted molar refractivity (Wildman–Crippen MR) is 101 cm³/mol. The van der Waals surface area contributed by atoms with Crippen molar-refractivity contribution in [3.05, 3.63) is 54.1 Å². The van der Waals surface area contributed by atoms with Crippen LogP contribution in [0.5, 0.6) is 11.5 Å². The summed E-state index contributed by atoms with van der Waals surface area (Å²) in [6.45, 7) is 3.93. The molecule has 0 heterocycles. The summed E-state index contributed by atoms with van der Waals surface area (Å²) in [5.41, 5.74) is 2.07. The third-order valence-electron chi connectivity index (χ3n) is 4.56. The van der Waals surface area contributed by atoms with Gasteiger partial charge in [-0.05, 0) is 68.7 Å². The summed E-state index contributed by atoms with van der Waals surface area (Å²) in [7, 11) is 0. The zero-order valence-corrected chi connectivity index (χ0v) is 14.9. The fraction of sp³-hybridized carbons (Fsp3) is 0.381. The van der Waals surface area contributed by atoms with Crippen LogP contribution >= 0.6 is 0 Å². The van der Waals surface area contributed by atoms with Gasteiger partial charge in [0.2, 0.25) is 5.91 Å². The molecule has 0 unspecified atom stereocenters. The Labute approximate surface area is 149 Å². The Morgan fingerprint density at radius 3 is 2.48 bits per heavy atom. The van der Waals surface area contributed by atoms with Gasteiger partial charge >= 0.3 is 0 Å². The maximum Gasteiger partial charge on any atom is 0.242 e. The number of aryl methyl sites for hydroxylation is 1. The van der Waals surface area contributed by atoms with Crippen LogP contribution in [-0.4, -0.2) is 18.0 Å². The number of amides is 1. The van der Waals surface area contributed by atoms with Crippen LogP contribution in [0.4, 0.5) is 5.69 Å². The van der Waals surface area contributed by atoms with Gasteiger partial charge in [-0.2, -0.15) is 0 Å². The van der Waals surface area contributed by atoms with E-state index in [1.807, 2.05) is 62.4 Å². The smallest absolute Gasteiger partial charge is 0.242 e. The van der Waals surface area contributed by atoms with E-state index in [0.717, 1.165) is 35.6 Å². The lowest BCUT2D eigenvalue weighted by molar-refractivity contribution is -0.122. The summed E-state index contributed by atoms with van der Waals surface area (Å²) in [5.74, 6) is 1.66. The zero-order valence-electron chi connectivity index (χ0n) is 14.9. The molecule has 25 heavy (non-hydrogen) atoms. The molecule has 1 aliphatic carbocycles. The Balaban J connectivity index is 1.53. The van der Waals surface area contributed by atoms with Crippen molar-refractivity contribution in [2.24, 2.45) is 0 Å². The molecule has 3 rings (SSSR count). The van der Waals surface area contributed by atoms with E-state index in [2.05, 4.69) is 10.6 Å². The highest BCUT2D eigenvalue weighted by molar-refractivity contribution is 5.84. The normalized spacial score (nSPS) is 15.6. The standard InChI is InChI=1S/C21H26N2O2/c1-15-6-5-9-20(14-15)25-19-12-10-18(11-13-19)22-16(2)21(24)23-17-7-3-4-8-17/h5-6,9-14,16-17,22H,3-4,7-8H2,1-2H3,(H,23,24)/t16-/m1/s1. The lowest BCUT2D eigenvalue weighted by atomic mass is 10.2. The van der Waals surface area contributed by atoms with Crippen molar-refractivity contribution in [3.63, 3.8) is 0 Å². The molecule has 0 spiro atoms. The number of rotatable bonds is 6. The Kier molecular flexibility index (Phi) is 5.59. The van der Waals surface area contributed by atoms with Gasteiger partial charge in [-0.3, -0.25) is 4.79 Å². The molecule has 0 bridgehead atoms. The van der Waals surface area contributed by atoms with E-state index in [-0.39, 0.29) is 11.9 Å². The van der Waals surface area contributed by atoms with E-state index >= 15 is 0 Å². The Hall–Kier alpha value is -2.49. The first-order valence-corrected chi connectivity index (χ1v) is 9.01. The lowest BCUT2D eigenvalue weighted by Crippen LogP contribution is -2.42. The van der Waals surface area contributed by atoms with Crippen LogP contribution in [0.3, 0.4) is 0 Å². The van der Waals surface area contributed by atoms with E-state index in [1.54, 1.807) is 0 Å². The van der Waals surface area contributed by atoms with Crippen LogP contribution in [0.1, 0.15) is 38.2 Å². The molecule has 4 nitrogen and oxygen atoms in total. The first kappa shape index (κ1) is 17.3. The molecule has 4 heteroatoms. The fourth-order valence-corrected chi connectivity index (χ4v) is 3.15. The van der Waals surface area contributed by atoms with Crippen molar-refractivity contribution in [1.82, 2.24) is 5.32 Å². The Morgan fingerprint density at radius 1 is 1.08 bits per heavy atom. The first-order valence-electron chi connectivity index (χ1n) is 9.01. The summed E-state index contributed by atoms with van der Waals surface area (Å²) < 4.78 is 5.85. The van der Waals surface area contributed by atoms with Crippen molar-refractivity contribution >= 4 is 11.6 Å². The molecule has 2 aromatic rings. The zero-order chi connectivity index (χ0) is 17.6. The average Bonchev–Trinajstić information content (AvgIpc) is 3.09. The summed E-state index contributed by atoms with van der Waals surface area (Å²) in [6.07, 6.45) is 4.64. The topological polar surface area (TPSA) is 50.4 Å². The van der Waals surface area contributed by atoms with Gasteiger partial charge in [-0.15, -0.1) is 0 Å². The molecule has 2 N–H and O–H groups in total. The average molecular weight is 338 g/mol. The summed E-state index contributed by atoms with van der Waals surface area (Å²) in [6, 6.07) is 15.7. The minimum absolute atomic E-state index is 0.0620. The van der Waals surface area contributed by atoms with Crippen molar-refractivity contribution in [1.29, 1.82) is 0 Å². The van der Waals surface area contributed by atoms with E-state index < -0.39 is 0 Å². The summed E-state index contributed by atoms with van der Waals surface area (Å²) in [5, 5.41) is 6.37. The third kappa shape index (κ3) is 4.99. The molecule has 0 aliphatic heterocycles. The van der Waals surface area contributed by atoms with E-state index in [9.17, 15) is 4.79 Å². The Bertz CT molecular complexity index is 706. The molecular weight excluding hydrogens is 312 g/mol. The van der Waals surface area contributed by atoms with Crippen molar-refractivity contribution in [2.45, 2.75) is 51.6 Å². The van der Waals surface area contributed by atoms with E-state index in [1.165, 1.54) is 12.8 Å². The van der Waals surface area contributed by atoms with Gasteiger partial charge in [-0.1, -0.05) is 25.0 Å². The van der Waals surface area contributed by atoms with Gasteiger partial charge < -0.3 is 15.4 Å². The maximum absolute atomic E-state index is 12.2. The number of anilines is 1. The number of nitrogens with one attached hydrogen (secondary N) is 2. The molecule has 0 saturated heterocycles. The van der Waals surface area contributed by atoms with Gasteiger partial charge in [0.1, 0.15) is 17.5 Å². The molecule has 2 aromatic carbocycles. The number of ether oxygens (including phenoxy) is 1. The van der Waals surface area contributed by atoms with Gasteiger partial charge in [0, 0.05) is 11.7 Å². The van der Waals surface area contributed by atoms with Crippen molar-refractivity contribution < 1.29 is 9.53 Å². The number of carbonyl (C=O) groups excluding carboxylic acids is 1. The number of benzene rings is 2. The van der Waals surface area contributed by atoms with Crippen molar-refractivity contribution in [3.8, 4) is 11.5 Å². The van der Waals surface area contributed by atoms with Crippen LogP contribution in [0.2, 0.25) is 0 Å². The second kappa shape index (κ2) is 8.06. The first-order chi connectivity index (χ1) is 12.1. The van der Waals surface area contributed by atoms with Crippen molar-refractivity contribution in [2.75, 3.05) is 5.32 Å². The van der Waals surface area contributed by atoms with Crippen LogP contribution < -0.4 is 15.4 Å². The second-order valence-electron chi connectivity index (χ2n) is 6.80. The van der Waals surface area contributed by atoms with E-state index in [0.29, 0.717) is 6.04 Å². The number of carbonyl (C=O) groups is 1. The summed E-state index contributed by atoms with van der Waals surface area (Å²) >= 11 is 0. The molecule has 1 saturated carbocycles. The van der Waals surface area contributed by atoms with Crippen LogP contribution in [-0.2, 0) is 4.79 Å². The molecular formula is C21H26N2O2. The summed E-state index contributed by atoms with van der Waals surface area (Å²) in [4.78, 5) is 12.2. The molecule has 0 aromatic heterocycles. The van der Waals surface area contributed by atoms with Gasteiger partial charge in [-0.25, -0.2) is 0 Å². The fourth-order valence-electron chi connectivity index (χ4n) is 3.15. The predicted octanol–water partition coefficient (Wildman–Crippen LogP) is 4.65. The van der Waals surface area contributed by atoms with Gasteiger partial charge in [0.05, 0.1) is 0 Å². The molecule has 1 fully saturated rings. The largest absolute Gasteiger partial charge is 0.457 e. The van der Waals surface area contributed by atoms with Gasteiger partial charge in [0.15, 0.2) is 0 Å². The van der Waals surface area contributed by atoms with Crippen LogP contribution in [0.25, 0.3) is 0 Å². The van der Waals surface area contributed by atoms with Gasteiger partial charge in [0.25, 0.3) is 0 Å². The van der Waals surface area contributed by atoms with Crippen LogP contribution in [0, 0.1) is 6.92 Å². The lowest BCUT2D eigenvalue weighted by Gasteiger charge is -2.18. The molecule has 132 valence electrons. The quantitative estimate of drug-likeness (QED) is 0.806. The van der Waals surface area contributed by atoms with Crippen LogP contribution in [0.15, 0.2) is 48.5 Å². The minimum Gasteiger partial charge on any atom is -0.457 e. The Morgan fingerprint density at radius 2 is 1.80 bits per heavy atom.